The van der Waals surface area contributed by atoms with Gasteiger partial charge in [0.1, 0.15) is 11.6 Å². The van der Waals surface area contributed by atoms with Crippen LogP contribution < -0.4 is 10.1 Å². The Bertz CT molecular complexity index is 1010. The zero-order chi connectivity index (χ0) is 21.6. The minimum atomic E-state index is -0.298. The van der Waals surface area contributed by atoms with Gasteiger partial charge in [-0.15, -0.1) is 0 Å². The lowest BCUT2D eigenvalue weighted by molar-refractivity contribution is -0.119. The first-order valence-corrected chi connectivity index (χ1v) is 10.8. The Balaban J connectivity index is 1.17. The molecule has 1 amide bonds. The van der Waals surface area contributed by atoms with Gasteiger partial charge in [-0.3, -0.25) is 4.79 Å². The maximum atomic E-state index is 13.4. The number of ether oxygens (including phenoxy) is 1. The van der Waals surface area contributed by atoms with Gasteiger partial charge < -0.3 is 19.5 Å². The van der Waals surface area contributed by atoms with Crippen molar-refractivity contribution < 1.29 is 18.4 Å². The monoisotopic (exact) mass is 425 g/mol. The van der Waals surface area contributed by atoms with Crippen molar-refractivity contribution in [3.63, 3.8) is 0 Å². The lowest BCUT2D eigenvalue weighted by Crippen LogP contribution is -2.34. The van der Waals surface area contributed by atoms with Crippen molar-refractivity contribution in [2.45, 2.75) is 38.6 Å². The summed E-state index contributed by atoms with van der Waals surface area (Å²) in [6.07, 6.45) is 3.01. The molecule has 1 aliphatic rings. The minimum absolute atomic E-state index is 0.0332. The van der Waals surface area contributed by atoms with Crippen molar-refractivity contribution in [2.75, 3.05) is 26.2 Å². The van der Waals surface area contributed by atoms with Crippen molar-refractivity contribution in [1.82, 2.24) is 15.4 Å². The third kappa shape index (κ3) is 5.61. The van der Waals surface area contributed by atoms with Gasteiger partial charge in [-0.1, -0.05) is 17.3 Å². The Hall–Kier alpha value is -2.93. The molecule has 1 aromatic heterocycles. The molecule has 1 fully saturated rings. The number of carbonyl (C=O) groups is 1. The number of aromatic nitrogens is 1. The van der Waals surface area contributed by atoms with Crippen LogP contribution in [0.15, 0.2) is 47.0 Å². The molecule has 1 N–H and O–H groups in total. The molecule has 31 heavy (non-hydrogen) atoms. The number of nitrogens with zero attached hydrogens (tertiary/aromatic N) is 2. The summed E-state index contributed by atoms with van der Waals surface area (Å²) in [4.78, 5) is 13.4. The molecule has 1 aliphatic heterocycles. The molecule has 3 aromatic rings. The van der Waals surface area contributed by atoms with E-state index in [4.69, 9.17) is 9.26 Å². The standard InChI is InChI=1S/C24H28FN3O3/c1-17(29)26-16-18-3-6-21(7-4-18)30-14-2-11-28-12-9-19(10-13-28)24-22-8-5-20(25)15-23(22)31-27-24/h3-8,15,19H,2,9-14,16H2,1H3,(H,26,29). The fourth-order valence-electron chi connectivity index (χ4n) is 4.06. The molecule has 0 spiro atoms. The lowest BCUT2D eigenvalue weighted by atomic mass is 9.91. The quantitative estimate of drug-likeness (QED) is 0.547. The summed E-state index contributed by atoms with van der Waals surface area (Å²) in [5, 5.41) is 7.93. The van der Waals surface area contributed by atoms with Gasteiger partial charge in [-0.2, -0.15) is 0 Å². The SMILES string of the molecule is CC(=O)NCc1ccc(OCCCN2CCC(c3noc4cc(F)ccc34)CC2)cc1. The molecule has 0 aliphatic carbocycles. The van der Waals surface area contributed by atoms with Crippen molar-refractivity contribution in [3.05, 3.63) is 59.5 Å². The van der Waals surface area contributed by atoms with Gasteiger partial charge in [0.15, 0.2) is 5.58 Å². The molecule has 6 nitrogen and oxygen atoms in total. The van der Waals surface area contributed by atoms with Crippen molar-refractivity contribution in [1.29, 1.82) is 0 Å². The van der Waals surface area contributed by atoms with E-state index in [1.54, 1.807) is 6.07 Å². The van der Waals surface area contributed by atoms with E-state index in [0.717, 1.165) is 61.3 Å². The minimum Gasteiger partial charge on any atom is -0.494 e. The number of amides is 1. The van der Waals surface area contributed by atoms with E-state index < -0.39 is 0 Å². The summed E-state index contributed by atoms with van der Waals surface area (Å²) >= 11 is 0. The number of benzene rings is 2. The topological polar surface area (TPSA) is 67.6 Å². The van der Waals surface area contributed by atoms with E-state index in [1.807, 2.05) is 24.3 Å². The largest absolute Gasteiger partial charge is 0.494 e. The van der Waals surface area contributed by atoms with Gasteiger partial charge in [-0.05, 0) is 62.2 Å². The lowest BCUT2D eigenvalue weighted by Gasteiger charge is -2.31. The van der Waals surface area contributed by atoms with Crippen molar-refractivity contribution in [2.24, 2.45) is 0 Å². The van der Waals surface area contributed by atoms with E-state index in [2.05, 4.69) is 15.4 Å². The number of likely N-dealkylation sites (tertiary alicyclic amines) is 1. The van der Waals surface area contributed by atoms with Crippen LogP contribution >= 0.6 is 0 Å². The zero-order valence-electron chi connectivity index (χ0n) is 17.8. The first-order valence-electron chi connectivity index (χ1n) is 10.8. The maximum absolute atomic E-state index is 13.4. The van der Waals surface area contributed by atoms with Crippen LogP contribution in [0.25, 0.3) is 11.0 Å². The number of nitrogens with one attached hydrogen (secondary N) is 1. The Kier molecular flexibility index (Phi) is 6.82. The number of hydrogen-bond donors (Lipinski definition) is 1. The Morgan fingerprint density at radius 1 is 1.23 bits per heavy atom. The zero-order valence-corrected chi connectivity index (χ0v) is 17.8. The van der Waals surface area contributed by atoms with Gasteiger partial charge >= 0.3 is 0 Å². The highest BCUT2D eigenvalue weighted by Crippen LogP contribution is 2.32. The second-order valence-electron chi connectivity index (χ2n) is 8.08. The van der Waals surface area contributed by atoms with Crippen molar-refractivity contribution in [3.8, 4) is 5.75 Å². The molecule has 7 heteroatoms. The van der Waals surface area contributed by atoms with Crippen LogP contribution in [-0.4, -0.2) is 42.2 Å². The van der Waals surface area contributed by atoms with Crippen LogP contribution in [0.1, 0.15) is 43.4 Å². The van der Waals surface area contributed by atoms with Crippen LogP contribution in [-0.2, 0) is 11.3 Å². The summed E-state index contributed by atoms with van der Waals surface area (Å²) < 4.78 is 24.5. The molecule has 1 saturated heterocycles. The fourth-order valence-corrected chi connectivity index (χ4v) is 4.06. The highest BCUT2D eigenvalue weighted by atomic mass is 19.1. The second kappa shape index (κ2) is 9.92. The first kappa shape index (κ1) is 21.3. The summed E-state index contributed by atoms with van der Waals surface area (Å²) in [6, 6.07) is 12.5. The molecular weight excluding hydrogens is 397 g/mol. The van der Waals surface area contributed by atoms with Crippen LogP contribution in [0.3, 0.4) is 0 Å². The molecule has 0 atom stereocenters. The Morgan fingerprint density at radius 3 is 2.74 bits per heavy atom. The summed E-state index contributed by atoms with van der Waals surface area (Å²) in [5.74, 6) is 0.872. The average Bonchev–Trinajstić information content (AvgIpc) is 3.19. The summed E-state index contributed by atoms with van der Waals surface area (Å²) in [7, 11) is 0. The van der Waals surface area contributed by atoms with Crippen molar-refractivity contribution >= 4 is 16.9 Å². The molecule has 164 valence electrons. The van der Waals surface area contributed by atoms with E-state index in [-0.39, 0.29) is 11.7 Å². The predicted octanol–water partition coefficient (Wildman–Crippen LogP) is 4.25. The molecule has 4 rings (SSSR count). The van der Waals surface area contributed by atoms with E-state index in [9.17, 15) is 9.18 Å². The van der Waals surface area contributed by atoms with Gasteiger partial charge in [0, 0.05) is 37.4 Å². The third-order valence-electron chi connectivity index (χ3n) is 5.79. The molecule has 2 aromatic carbocycles. The van der Waals surface area contributed by atoms with Gasteiger partial charge in [0.05, 0.1) is 12.3 Å². The molecule has 2 heterocycles. The van der Waals surface area contributed by atoms with Gasteiger partial charge in [-0.25, -0.2) is 4.39 Å². The Labute approximate surface area is 181 Å². The highest BCUT2D eigenvalue weighted by Gasteiger charge is 2.24. The van der Waals surface area contributed by atoms with E-state index in [1.165, 1.54) is 19.1 Å². The predicted molar refractivity (Wildman–Crippen MR) is 116 cm³/mol. The number of fused-ring (bicyclic) bond motifs is 1. The summed E-state index contributed by atoms with van der Waals surface area (Å²) in [5.41, 5.74) is 2.54. The normalized spacial score (nSPS) is 15.3. The molecule has 0 saturated carbocycles. The molecular formula is C24H28FN3O3. The molecule has 0 radical (unpaired) electrons. The van der Waals surface area contributed by atoms with Crippen LogP contribution in [0.5, 0.6) is 5.75 Å². The Morgan fingerprint density at radius 2 is 2.00 bits per heavy atom. The fraction of sp³-hybridized carbons (Fsp3) is 0.417. The number of halogens is 1. The maximum Gasteiger partial charge on any atom is 0.217 e. The third-order valence-corrected chi connectivity index (χ3v) is 5.79. The number of piperidine rings is 1. The summed E-state index contributed by atoms with van der Waals surface area (Å²) in [6.45, 7) is 5.74. The molecule has 0 unspecified atom stereocenters. The number of hydrogen-bond acceptors (Lipinski definition) is 5. The van der Waals surface area contributed by atoms with Gasteiger partial charge in [0.25, 0.3) is 0 Å². The van der Waals surface area contributed by atoms with Crippen LogP contribution in [0.2, 0.25) is 0 Å². The van der Waals surface area contributed by atoms with Gasteiger partial charge in [0.2, 0.25) is 5.91 Å². The smallest absolute Gasteiger partial charge is 0.217 e. The first-order chi connectivity index (χ1) is 15.1. The highest BCUT2D eigenvalue weighted by molar-refractivity contribution is 5.79. The van der Waals surface area contributed by atoms with E-state index >= 15 is 0 Å². The number of carbonyl (C=O) groups excluding carboxylic acids is 1. The van der Waals surface area contributed by atoms with Crippen LogP contribution in [0.4, 0.5) is 4.39 Å². The average molecular weight is 426 g/mol. The molecule has 0 bridgehead atoms. The second-order valence-corrected chi connectivity index (χ2v) is 8.08. The van der Waals surface area contributed by atoms with E-state index in [0.29, 0.717) is 24.7 Å². The number of rotatable bonds is 8. The van der Waals surface area contributed by atoms with Crippen LogP contribution in [0, 0.1) is 5.82 Å².